The van der Waals surface area contributed by atoms with Gasteiger partial charge in [0.1, 0.15) is 11.6 Å². The quantitative estimate of drug-likeness (QED) is 0.705. The van der Waals surface area contributed by atoms with Crippen LogP contribution in [0.4, 0.5) is 10.1 Å². The van der Waals surface area contributed by atoms with Gasteiger partial charge in [0.25, 0.3) is 0 Å². The van der Waals surface area contributed by atoms with Crippen LogP contribution in [0.3, 0.4) is 0 Å². The minimum Gasteiger partial charge on any atom is -0.385 e. The Kier molecular flexibility index (Phi) is 3.89. The fourth-order valence-electron chi connectivity index (χ4n) is 1.11. The summed E-state index contributed by atoms with van der Waals surface area (Å²) in [4.78, 5) is 0. The summed E-state index contributed by atoms with van der Waals surface area (Å²) < 4.78 is 12.7. The molecule has 92 valence electrons. The molecule has 4 N–H and O–H groups in total. The molecular weight excluding hydrogens is 217 g/mol. The van der Waals surface area contributed by atoms with Crippen molar-refractivity contribution < 1.29 is 4.39 Å². The van der Waals surface area contributed by atoms with Crippen molar-refractivity contribution in [2.45, 2.75) is 20.8 Å². The van der Waals surface area contributed by atoms with E-state index in [2.05, 4.69) is 5.32 Å². The van der Waals surface area contributed by atoms with Gasteiger partial charge in [-0.25, -0.2) is 4.39 Å². The normalized spacial score (nSPS) is 12.4. The number of nitrogens with two attached hydrogens (primary N) is 1. The molecule has 0 radical (unpaired) electrons. The van der Waals surface area contributed by atoms with Gasteiger partial charge in [0.15, 0.2) is 0 Å². The van der Waals surface area contributed by atoms with Gasteiger partial charge in [0, 0.05) is 16.8 Å². The molecule has 3 nitrogen and oxygen atoms in total. The predicted molar refractivity (Wildman–Crippen MR) is 69.5 cm³/mol. The molecule has 17 heavy (non-hydrogen) atoms. The topological polar surface area (TPSA) is 61.9 Å². The molecule has 0 atom stereocenters. The zero-order valence-corrected chi connectivity index (χ0v) is 10.3. The van der Waals surface area contributed by atoms with E-state index in [0.717, 1.165) is 0 Å². The molecule has 0 aliphatic rings. The summed E-state index contributed by atoms with van der Waals surface area (Å²) in [7, 11) is 0. The van der Waals surface area contributed by atoms with E-state index in [1.807, 2.05) is 20.8 Å². The number of anilines is 1. The minimum atomic E-state index is -0.291. The SMILES string of the molecule is CC(C)(C)C(=N)/C=C(/N)Nc1ccc(F)cc1. The van der Waals surface area contributed by atoms with Gasteiger partial charge in [-0.2, -0.15) is 0 Å². The number of halogens is 1. The molecule has 0 heterocycles. The number of hydrogen-bond donors (Lipinski definition) is 3. The Balaban J connectivity index is 2.72. The van der Waals surface area contributed by atoms with E-state index in [1.165, 1.54) is 12.1 Å². The van der Waals surface area contributed by atoms with Crippen LogP contribution in [0.15, 0.2) is 36.2 Å². The molecule has 0 aliphatic heterocycles. The highest BCUT2D eigenvalue weighted by molar-refractivity contribution is 5.97. The van der Waals surface area contributed by atoms with Crippen LogP contribution >= 0.6 is 0 Å². The van der Waals surface area contributed by atoms with Gasteiger partial charge >= 0.3 is 0 Å². The van der Waals surface area contributed by atoms with E-state index < -0.39 is 0 Å². The molecule has 0 spiro atoms. The maximum Gasteiger partial charge on any atom is 0.123 e. The molecule has 4 heteroatoms. The summed E-state index contributed by atoms with van der Waals surface area (Å²) in [5.41, 5.74) is 6.65. The molecule has 1 rings (SSSR count). The minimum absolute atomic E-state index is 0.241. The van der Waals surface area contributed by atoms with Crippen molar-refractivity contribution in [1.82, 2.24) is 0 Å². The Hall–Kier alpha value is -1.84. The molecule has 1 aromatic rings. The molecule has 0 unspecified atom stereocenters. The zero-order chi connectivity index (χ0) is 13.1. The smallest absolute Gasteiger partial charge is 0.123 e. The fourth-order valence-corrected chi connectivity index (χ4v) is 1.11. The summed E-state index contributed by atoms with van der Waals surface area (Å²) in [6.45, 7) is 5.82. The van der Waals surface area contributed by atoms with Gasteiger partial charge in [-0.1, -0.05) is 20.8 Å². The Morgan fingerprint density at radius 2 is 1.82 bits per heavy atom. The lowest BCUT2D eigenvalue weighted by atomic mass is 9.90. The standard InChI is InChI=1S/C13H18FN3/c1-13(2,3)11(15)8-12(16)17-10-6-4-9(14)5-7-10/h4-8,15,17H,16H2,1-3H3/b12-8-,15-11?. The summed E-state index contributed by atoms with van der Waals surface area (Å²) in [5.74, 6) is 0.0806. The van der Waals surface area contributed by atoms with Crippen molar-refractivity contribution in [3.8, 4) is 0 Å². The number of hydrogen-bond acceptors (Lipinski definition) is 3. The van der Waals surface area contributed by atoms with Gasteiger partial charge in [-0.3, -0.25) is 0 Å². The van der Waals surface area contributed by atoms with Crippen molar-refractivity contribution in [3.05, 3.63) is 42.0 Å². The van der Waals surface area contributed by atoms with Crippen molar-refractivity contribution in [1.29, 1.82) is 5.41 Å². The monoisotopic (exact) mass is 235 g/mol. The van der Waals surface area contributed by atoms with E-state index in [4.69, 9.17) is 11.1 Å². The van der Waals surface area contributed by atoms with Gasteiger partial charge < -0.3 is 16.5 Å². The highest BCUT2D eigenvalue weighted by Crippen LogP contribution is 2.16. The third-order valence-electron chi connectivity index (χ3n) is 2.24. The third-order valence-corrected chi connectivity index (χ3v) is 2.24. The van der Waals surface area contributed by atoms with E-state index >= 15 is 0 Å². The van der Waals surface area contributed by atoms with Crippen molar-refractivity contribution >= 4 is 11.4 Å². The van der Waals surface area contributed by atoms with Crippen LogP contribution in [-0.2, 0) is 0 Å². The molecule has 1 aromatic carbocycles. The Labute approximate surface area is 101 Å². The fraction of sp³-hybridized carbons (Fsp3) is 0.308. The third kappa shape index (κ3) is 4.26. The second-order valence-electron chi connectivity index (χ2n) is 4.90. The molecule has 0 fully saturated rings. The first-order chi connectivity index (χ1) is 7.79. The van der Waals surface area contributed by atoms with Crippen LogP contribution in [0.1, 0.15) is 20.8 Å². The molecule has 0 amide bonds. The molecule has 0 aliphatic carbocycles. The molecule has 0 saturated heterocycles. The van der Waals surface area contributed by atoms with Crippen LogP contribution in [0.5, 0.6) is 0 Å². The number of allylic oxidation sites excluding steroid dienone is 1. The lowest BCUT2D eigenvalue weighted by molar-refractivity contribution is 0.590. The highest BCUT2D eigenvalue weighted by atomic mass is 19.1. The lowest BCUT2D eigenvalue weighted by Crippen LogP contribution is -2.20. The lowest BCUT2D eigenvalue weighted by Gasteiger charge is -2.17. The summed E-state index contributed by atoms with van der Waals surface area (Å²) in [6.07, 6.45) is 1.57. The zero-order valence-electron chi connectivity index (χ0n) is 10.3. The van der Waals surface area contributed by atoms with Gasteiger partial charge in [-0.05, 0) is 30.3 Å². The van der Waals surface area contributed by atoms with E-state index in [1.54, 1.807) is 18.2 Å². The van der Waals surface area contributed by atoms with Crippen molar-refractivity contribution in [2.75, 3.05) is 5.32 Å². The maximum atomic E-state index is 12.7. The second-order valence-corrected chi connectivity index (χ2v) is 4.90. The number of nitrogens with one attached hydrogen (secondary N) is 2. The number of rotatable bonds is 3. The molecule has 0 aromatic heterocycles. The first kappa shape index (κ1) is 13.2. The van der Waals surface area contributed by atoms with Crippen LogP contribution in [-0.4, -0.2) is 5.71 Å². The number of benzene rings is 1. The average molecular weight is 235 g/mol. The molecule has 0 bridgehead atoms. The average Bonchev–Trinajstić information content (AvgIpc) is 2.20. The first-order valence-electron chi connectivity index (χ1n) is 5.38. The Morgan fingerprint density at radius 1 is 1.29 bits per heavy atom. The van der Waals surface area contributed by atoms with Crippen molar-refractivity contribution in [3.63, 3.8) is 0 Å². The van der Waals surface area contributed by atoms with Gasteiger partial charge in [0.05, 0.1) is 0 Å². The van der Waals surface area contributed by atoms with Crippen LogP contribution in [0.2, 0.25) is 0 Å². The Bertz CT molecular complexity index is 427. The van der Waals surface area contributed by atoms with Crippen LogP contribution < -0.4 is 11.1 Å². The molecule has 0 saturated carbocycles. The highest BCUT2D eigenvalue weighted by Gasteiger charge is 2.15. The first-order valence-corrected chi connectivity index (χ1v) is 5.38. The van der Waals surface area contributed by atoms with E-state index in [-0.39, 0.29) is 11.2 Å². The van der Waals surface area contributed by atoms with Crippen LogP contribution in [0, 0.1) is 16.6 Å². The van der Waals surface area contributed by atoms with Crippen molar-refractivity contribution in [2.24, 2.45) is 11.1 Å². The van der Waals surface area contributed by atoms with E-state index in [9.17, 15) is 4.39 Å². The predicted octanol–water partition coefficient (Wildman–Crippen LogP) is 3.10. The summed E-state index contributed by atoms with van der Waals surface area (Å²) in [5, 5.41) is 10.7. The van der Waals surface area contributed by atoms with Gasteiger partial charge in [0.2, 0.25) is 0 Å². The largest absolute Gasteiger partial charge is 0.385 e. The molecular formula is C13H18FN3. The van der Waals surface area contributed by atoms with Crippen LogP contribution in [0.25, 0.3) is 0 Å². The Morgan fingerprint density at radius 3 is 2.29 bits per heavy atom. The van der Waals surface area contributed by atoms with E-state index in [0.29, 0.717) is 17.2 Å². The van der Waals surface area contributed by atoms with Gasteiger partial charge in [-0.15, -0.1) is 0 Å². The second kappa shape index (κ2) is 4.99. The summed E-state index contributed by atoms with van der Waals surface area (Å²) >= 11 is 0. The summed E-state index contributed by atoms with van der Waals surface area (Å²) in [6, 6.07) is 5.89. The maximum absolute atomic E-state index is 12.7.